The molecule has 0 bridgehead atoms. The molecule has 6 nitrogen and oxygen atoms in total. The van der Waals surface area contributed by atoms with Gasteiger partial charge in [0, 0.05) is 31.9 Å². The van der Waals surface area contributed by atoms with E-state index in [1.165, 1.54) is 9.25 Å². The molecule has 0 spiro atoms. The second-order valence-electron chi connectivity index (χ2n) is 3.38. The Morgan fingerprint density at radius 3 is 2.50 bits per heavy atom. The Balaban J connectivity index is 2.50. The molecule has 0 aliphatic heterocycles. The molecule has 2 aromatic rings. The zero-order valence-corrected chi connectivity index (χ0v) is 9.34. The first-order valence-corrected chi connectivity index (χ1v) is 4.74. The molecule has 2 aromatic heterocycles. The number of aryl methyl sites for hydroxylation is 1. The van der Waals surface area contributed by atoms with Crippen molar-refractivity contribution in [3.8, 4) is 17.3 Å². The van der Waals surface area contributed by atoms with Gasteiger partial charge < -0.3 is 4.74 Å². The highest BCUT2D eigenvalue weighted by Gasteiger charge is 2.09. The predicted molar refractivity (Wildman–Crippen MR) is 58.2 cm³/mol. The van der Waals surface area contributed by atoms with E-state index in [2.05, 4.69) is 10.1 Å². The van der Waals surface area contributed by atoms with Crippen molar-refractivity contribution < 1.29 is 4.74 Å². The molecule has 2 rings (SSSR count). The minimum absolute atomic E-state index is 0.161. The fraction of sp³-hybridized carbons (Fsp3) is 0.300. The van der Waals surface area contributed by atoms with Crippen molar-refractivity contribution in [3.05, 3.63) is 28.8 Å². The summed E-state index contributed by atoms with van der Waals surface area (Å²) in [5.41, 5.74) is 0.617. The second-order valence-corrected chi connectivity index (χ2v) is 3.38. The molecule has 0 unspecified atom stereocenters. The quantitative estimate of drug-likeness (QED) is 0.724. The van der Waals surface area contributed by atoms with Crippen LogP contribution in [0.25, 0.3) is 11.4 Å². The highest BCUT2D eigenvalue weighted by Crippen LogP contribution is 2.16. The van der Waals surface area contributed by atoms with Crippen LogP contribution < -0.4 is 10.4 Å². The van der Waals surface area contributed by atoms with Gasteiger partial charge in [0.05, 0.1) is 7.11 Å². The summed E-state index contributed by atoms with van der Waals surface area (Å²) in [5, 5.41) is 4.12. The number of hydrogen-bond donors (Lipinski definition) is 0. The molecular formula is C10H12N4O2. The minimum Gasteiger partial charge on any atom is -0.481 e. The van der Waals surface area contributed by atoms with E-state index in [0.29, 0.717) is 11.7 Å². The molecule has 0 aliphatic carbocycles. The smallest absolute Gasteiger partial charge is 0.345 e. The monoisotopic (exact) mass is 220 g/mol. The van der Waals surface area contributed by atoms with E-state index in [1.807, 2.05) is 6.07 Å². The summed E-state index contributed by atoms with van der Waals surface area (Å²) < 4.78 is 7.73. The number of nitrogens with zero attached hydrogens (tertiary/aromatic N) is 4. The molecule has 16 heavy (non-hydrogen) atoms. The lowest BCUT2D eigenvalue weighted by atomic mass is 10.3. The van der Waals surface area contributed by atoms with Crippen molar-refractivity contribution in [1.82, 2.24) is 19.3 Å². The Morgan fingerprint density at radius 2 is 2.06 bits per heavy atom. The van der Waals surface area contributed by atoms with Gasteiger partial charge in [-0.3, -0.25) is 4.57 Å². The van der Waals surface area contributed by atoms with Gasteiger partial charge in [-0.15, -0.1) is 5.10 Å². The van der Waals surface area contributed by atoms with Gasteiger partial charge in [-0.05, 0) is 6.07 Å². The molecule has 0 aromatic carbocycles. The molecule has 84 valence electrons. The maximum absolute atomic E-state index is 11.5. The Morgan fingerprint density at radius 1 is 1.31 bits per heavy atom. The first kappa shape index (κ1) is 10.4. The van der Waals surface area contributed by atoms with E-state index in [9.17, 15) is 4.79 Å². The third-order valence-electron chi connectivity index (χ3n) is 2.33. The molecule has 0 saturated carbocycles. The van der Waals surface area contributed by atoms with Crippen LogP contribution in [0.2, 0.25) is 0 Å². The number of pyridine rings is 1. The van der Waals surface area contributed by atoms with Crippen molar-refractivity contribution in [2.75, 3.05) is 7.11 Å². The summed E-state index contributed by atoms with van der Waals surface area (Å²) in [6.07, 6.45) is 1.63. The molecule has 0 atom stereocenters. The Hall–Kier alpha value is -2.11. The number of methoxy groups -OCH3 is 1. The summed E-state index contributed by atoms with van der Waals surface area (Å²) in [4.78, 5) is 15.6. The van der Waals surface area contributed by atoms with Crippen molar-refractivity contribution in [2.24, 2.45) is 14.1 Å². The minimum atomic E-state index is -0.161. The van der Waals surface area contributed by atoms with Crippen LogP contribution in [0.3, 0.4) is 0 Å². The fourth-order valence-electron chi connectivity index (χ4n) is 1.44. The molecule has 2 heterocycles. The Kier molecular flexibility index (Phi) is 2.47. The average molecular weight is 220 g/mol. The first-order valence-electron chi connectivity index (χ1n) is 4.74. The average Bonchev–Trinajstić information content (AvgIpc) is 2.57. The van der Waals surface area contributed by atoms with Gasteiger partial charge >= 0.3 is 5.69 Å². The van der Waals surface area contributed by atoms with Gasteiger partial charge in [-0.2, -0.15) is 0 Å². The van der Waals surface area contributed by atoms with E-state index in [4.69, 9.17) is 4.74 Å². The third-order valence-corrected chi connectivity index (χ3v) is 2.33. The maximum atomic E-state index is 11.5. The highest BCUT2D eigenvalue weighted by atomic mass is 16.5. The summed E-state index contributed by atoms with van der Waals surface area (Å²) >= 11 is 0. The SMILES string of the molecule is COc1ccc(-c2nn(C)c(=O)n2C)cn1. The lowest BCUT2D eigenvalue weighted by molar-refractivity contribution is 0.398. The van der Waals surface area contributed by atoms with Crippen LogP contribution >= 0.6 is 0 Å². The zero-order valence-electron chi connectivity index (χ0n) is 9.34. The van der Waals surface area contributed by atoms with E-state index >= 15 is 0 Å². The van der Waals surface area contributed by atoms with E-state index < -0.39 is 0 Å². The summed E-state index contributed by atoms with van der Waals surface area (Å²) in [7, 11) is 4.84. The number of rotatable bonds is 2. The topological polar surface area (TPSA) is 61.9 Å². The van der Waals surface area contributed by atoms with Gasteiger partial charge in [-0.25, -0.2) is 14.5 Å². The zero-order chi connectivity index (χ0) is 11.7. The molecule has 6 heteroatoms. The lowest BCUT2D eigenvalue weighted by Gasteiger charge is -2.00. The number of ether oxygens (including phenoxy) is 1. The van der Waals surface area contributed by atoms with Gasteiger partial charge in [0.1, 0.15) is 0 Å². The standard InChI is InChI=1S/C10H12N4O2/c1-13-9(12-14(2)10(13)15)7-4-5-8(16-3)11-6-7/h4-6H,1-3H3. The molecular weight excluding hydrogens is 208 g/mol. The third kappa shape index (κ3) is 1.58. The highest BCUT2D eigenvalue weighted by molar-refractivity contribution is 5.53. The normalized spacial score (nSPS) is 10.4. The molecule has 0 fully saturated rings. The van der Waals surface area contributed by atoms with E-state index in [-0.39, 0.29) is 5.69 Å². The maximum Gasteiger partial charge on any atom is 0.345 e. The summed E-state index contributed by atoms with van der Waals surface area (Å²) in [6, 6.07) is 3.54. The number of aromatic nitrogens is 4. The number of hydrogen-bond acceptors (Lipinski definition) is 4. The van der Waals surface area contributed by atoms with Gasteiger partial charge in [-0.1, -0.05) is 0 Å². The molecule has 0 amide bonds. The molecule has 0 aliphatic rings. The molecule has 0 radical (unpaired) electrons. The van der Waals surface area contributed by atoms with Crippen molar-refractivity contribution in [1.29, 1.82) is 0 Å². The van der Waals surface area contributed by atoms with Gasteiger partial charge in [0.25, 0.3) is 0 Å². The van der Waals surface area contributed by atoms with E-state index in [0.717, 1.165) is 5.56 Å². The fourth-order valence-corrected chi connectivity index (χ4v) is 1.44. The molecule has 0 N–H and O–H groups in total. The van der Waals surface area contributed by atoms with Crippen molar-refractivity contribution in [3.63, 3.8) is 0 Å². The largest absolute Gasteiger partial charge is 0.481 e. The summed E-state index contributed by atoms with van der Waals surface area (Å²) in [6.45, 7) is 0. The first-order chi connectivity index (χ1) is 7.63. The van der Waals surface area contributed by atoms with Gasteiger partial charge in [0.2, 0.25) is 5.88 Å². The van der Waals surface area contributed by atoms with Crippen LogP contribution in [0.1, 0.15) is 0 Å². The Labute approximate surface area is 92.1 Å². The van der Waals surface area contributed by atoms with Crippen molar-refractivity contribution in [2.45, 2.75) is 0 Å². The van der Waals surface area contributed by atoms with Crippen LogP contribution in [0.5, 0.6) is 5.88 Å². The predicted octanol–water partition coefficient (Wildman–Crippen LogP) is 0.189. The van der Waals surface area contributed by atoms with Crippen LogP contribution in [0, 0.1) is 0 Å². The van der Waals surface area contributed by atoms with Crippen LogP contribution in [-0.2, 0) is 14.1 Å². The van der Waals surface area contributed by atoms with E-state index in [1.54, 1.807) is 33.5 Å². The van der Waals surface area contributed by atoms with Gasteiger partial charge in [0.15, 0.2) is 5.82 Å². The second kappa shape index (κ2) is 3.80. The van der Waals surface area contributed by atoms with Crippen LogP contribution in [0.4, 0.5) is 0 Å². The molecule has 0 saturated heterocycles. The summed E-state index contributed by atoms with van der Waals surface area (Å²) in [5.74, 6) is 1.12. The van der Waals surface area contributed by atoms with Crippen molar-refractivity contribution >= 4 is 0 Å². The van der Waals surface area contributed by atoms with Crippen LogP contribution in [0.15, 0.2) is 23.1 Å². The Bertz CT molecular complexity index is 553. The lowest BCUT2D eigenvalue weighted by Crippen LogP contribution is -2.20. The van der Waals surface area contributed by atoms with Crippen LogP contribution in [-0.4, -0.2) is 26.4 Å².